The lowest BCUT2D eigenvalue weighted by Crippen LogP contribution is -2.24. The molecule has 0 saturated carbocycles. The van der Waals surface area contributed by atoms with Crippen molar-refractivity contribution in [2.45, 2.75) is 4.90 Å². The number of sulfonamides is 1. The van der Waals surface area contributed by atoms with E-state index in [0.717, 1.165) is 6.07 Å². The maximum absolute atomic E-state index is 11.6. The Hall–Kier alpha value is -0.140. The van der Waals surface area contributed by atoms with Crippen molar-refractivity contribution in [3.8, 4) is 0 Å². The fraction of sp³-hybridized carbons (Fsp3) is 0.143. The van der Waals surface area contributed by atoms with Gasteiger partial charge in [0.05, 0.1) is 14.9 Å². The van der Waals surface area contributed by atoms with Gasteiger partial charge in [-0.05, 0) is 18.2 Å². The number of nitrogens with one attached hydrogen (secondary N) is 1. The highest BCUT2D eigenvalue weighted by molar-refractivity contribution is 7.89. The maximum atomic E-state index is 11.6. The first-order valence-corrected chi connectivity index (χ1v) is 8.15. The second-order valence-corrected chi connectivity index (χ2v) is 7.27. The zero-order valence-electron chi connectivity index (χ0n) is 8.17. The standard InChI is InChI=1S/C7H8Cl2NO5PS/c8-6-2-1-5(3-7(6)9)17(14,15)10-4-16(11,12)13/h1-3,10H,4H2,(H2,11,12,13). The van der Waals surface area contributed by atoms with E-state index >= 15 is 0 Å². The van der Waals surface area contributed by atoms with Crippen molar-refractivity contribution >= 4 is 40.8 Å². The van der Waals surface area contributed by atoms with Gasteiger partial charge in [0.1, 0.15) is 6.29 Å². The summed E-state index contributed by atoms with van der Waals surface area (Å²) in [4.78, 5) is 16.9. The average molecular weight is 320 g/mol. The summed E-state index contributed by atoms with van der Waals surface area (Å²) in [7, 11) is -8.47. The summed E-state index contributed by atoms with van der Waals surface area (Å²) in [5.41, 5.74) is 0. The molecule has 0 amide bonds. The first-order valence-electron chi connectivity index (χ1n) is 4.11. The molecule has 96 valence electrons. The van der Waals surface area contributed by atoms with Crippen molar-refractivity contribution in [3.05, 3.63) is 28.2 Å². The summed E-state index contributed by atoms with van der Waals surface area (Å²) in [5, 5.41) is 0.214. The van der Waals surface area contributed by atoms with Crippen LogP contribution < -0.4 is 4.72 Å². The lowest BCUT2D eigenvalue weighted by atomic mass is 10.4. The summed E-state index contributed by atoms with van der Waals surface area (Å²) in [6, 6.07) is 3.54. The van der Waals surface area contributed by atoms with Gasteiger partial charge in [-0.1, -0.05) is 23.2 Å². The third kappa shape index (κ3) is 4.56. The van der Waals surface area contributed by atoms with Crippen LogP contribution in [0.4, 0.5) is 0 Å². The van der Waals surface area contributed by atoms with Crippen LogP contribution >= 0.6 is 30.8 Å². The molecule has 0 atom stereocenters. The van der Waals surface area contributed by atoms with Gasteiger partial charge < -0.3 is 9.79 Å². The van der Waals surface area contributed by atoms with Crippen molar-refractivity contribution in [2.24, 2.45) is 0 Å². The molecule has 6 nitrogen and oxygen atoms in total. The second kappa shape index (κ2) is 5.24. The van der Waals surface area contributed by atoms with E-state index in [1.54, 1.807) is 4.72 Å². The van der Waals surface area contributed by atoms with Crippen LogP contribution in [-0.2, 0) is 14.6 Å². The summed E-state index contributed by atoms with van der Waals surface area (Å²) < 4.78 is 35.5. The average Bonchev–Trinajstić information content (AvgIpc) is 2.18. The van der Waals surface area contributed by atoms with E-state index < -0.39 is 23.9 Å². The van der Waals surface area contributed by atoms with Crippen LogP contribution in [0.25, 0.3) is 0 Å². The van der Waals surface area contributed by atoms with Crippen molar-refractivity contribution in [1.82, 2.24) is 4.72 Å². The van der Waals surface area contributed by atoms with Gasteiger partial charge in [0.2, 0.25) is 10.0 Å². The van der Waals surface area contributed by atoms with Crippen LogP contribution in [-0.4, -0.2) is 24.5 Å². The van der Waals surface area contributed by atoms with E-state index in [1.807, 2.05) is 0 Å². The smallest absolute Gasteiger partial charge is 0.324 e. The number of benzene rings is 1. The molecule has 0 aromatic heterocycles. The van der Waals surface area contributed by atoms with Crippen LogP contribution in [0.15, 0.2) is 23.1 Å². The molecule has 1 rings (SSSR count). The number of hydrogen-bond donors (Lipinski definition) is 3. The van der Waals surface area contributed by atoms with Crippen LogP contribution in [0.2, 0.25) is 10.0 Å². The Morgan fingerprint density at radius 1 is 1.24 bits per heavy atom. The molecule has 1 aromatic carbocycles. The topological polar surface area (TPSA) is 104 Å². The van der Waals surface area contributed by atoms with E-state index in [2.05, 4.69) is 0 Å². The molecule has 0 saturated heterocycles. The van der Waals surface area contributed by atoms with E-state index in [4.69, 9.17) is 33.0 Å². The largest absolute Gasteiger partial charge is 0.340 e. The minimum absolute atomic E-state index is 0.0331. The van der Waals surface area contributed by atoms with Gasteiger partial charge in [0.25, 0.3) is 0 Å². The molecule has 10 heteroatoms. The SMILES string of the molecule is O=P(O)(O)CNS(=O)(=O)c1ccc(Cl)c(Cl)c1. The van der Waals surface area contributed by atoms with Crippen molar-refractivity contribution in [1.29, 1.82) is 0 Å². The molecule has 17 heavy (non-hydrogen) atoms. The summed E-state index contributed by atoms with van der Waals surface area (Å²) >= 11 is 11.2. The van der Waals surface area contributed by atoms with Gasteiger partial charge in [-0.25, -0.2) is 8.42 Å². The van der Waals surface area contributed by atoms with E-state index in [1.165, 1.54) is 12.1 Å². The third-order valence-electron chi connectivity index (χ3n) is 1.66. The quantitative estimate of drug-likeness (QED) is 0.728. The maximum Gasteiger partial charge on any atom is 0.340 e. The minimum Gasteiger partial charge on any atom is -0.324 e. The fourth-order valence-electron chi connectivity index (χ4n) is 0.896. The van der Waals surface area contributed by atoms with Crippen molar-refractivity contribution < 1.29 is 22.8 Å². The Morgan fingerprint density at radius 2 is 1.82 bits per heavy atom. The molecule has 1 aromatic rings. The van der Waals surface area contributed by atoms with Crippen LogP contribution in [0.1, 0.15) is 0 Å². The predicted octanol–water partition coefficient (Wildman–Crippen LogP) is 1.41. The van der Waals surface area contributed by atoms with E-state index in [9.17, 15) is 13.0 Å². The molecule has 0 spiro atoms. The van der Waals surface area contributed by atoms with Crippen LogP contribution in [0.3, 0.4) is 0 Å². The monoisotopic (exact) mass is 319 g/mol. The third-order valence-corrected chi connectivity index (χ3v) is 4.58. The fourth-order valence-corrected chi connectivity index (χ4v) is 3.30. The normalized spacial score (nSPS) is 12.7. The molecular formula is C7H8Cl2NO5PS. The first-order chi connectivity index (χ1) is 7.62. The molecule has 0 aliphatic carbocycles. The second-order valence-electron chi connectivity index (χ2n) is 3.05. The highest BCUT2D eigenvalue weighted by atomic mass is 35.5. The van der Waals surface area contributed by atoms with E-state index in [0.29, 0.717) is 0 Å². The Morgan fingerprint density at radius 3 is 2.29 bits per heavy atom. The van der Waals surface area contributed by atoms with E-state index in [-0.39, 0.29) is 14.9 Å². The highest BCUT2D eigenvalue weighted by Crippen LogP contribution is 2.33. The van der Waals surface area contributed by atoms with Crippen LogP contribution in [0.5, 0.6) is 0 Å². The zero-order chi connectivity index (χ0) is 13.3. The lowest BCUT2D eigenvalue weighted by Gasteiger charge is -2.08. The summed E-state index contributed by atoms with van der Waals surface area (Å²) in [6.45, 7) is 0. The van der Waals surface area contributed by atoms with Gasteiger partial charge >= 0.3 is 7.60 Å². The molecule has 0 heterocycles. The first kappa shape index (κ1) is 14.9. The Labute approximate surface area is 108 Å². The summed E-state index contributed by atoms with van der Waals surface area (Å²) in [6.07, 6.45) is -0.977. The highest BCUT2D eigenvalue weighted by Gasteiger charge is 2.20. The predicted molar refractivity (Wildman–Crippen MR) is 63.7 cm³/mol. The number of rotatable bonds is 4. The molecule has 0 bridgehead atoms. The van der Waals surface area contributed by atoms with Gasteiger partial charge in [-0.3, -0.25) is 4.57 Å². The summed E-state index contributed by atoms with van der Waals surface area (Å²) in [5.74, 6) is 0. The Kier molecular flexibility index (Phi) is 4.60. The van der Waals surface area contributed by atoms with Gasteiger partial charge in [-0.15, -0.1) is 0 Å². The number of halogens is 2. The molecule has 0 unspecified atom stereocenters. The molecular weight excluding hydrogens is 312 g/mol. The minimum atomic E-state index is -4.45. The lowest BCUT2D eigenvalue weighted by molar-refractivity contribution is 0.371. The molecule has 0 radical (unpaired) electrons. The Bertz CT molecular complexity index is 570. The molecule has 3 N–H and O–H groups in total. The number of hydrogen-bond acceptors (Lipinski definition) is 3. The van der Waals surface area contributed by atoms with Gasteiger partial charge in [0, 0.05) is 0 Å². The molecule has 0 fully saturated rings. The molecule has 0 aliphatic rings. The zero-order valence-corrected chi connectivity index (χ0v) is 11.4. The van der Waals surface area contributed by atoms with Gasteiger partial charge in [-0.2, -0.15) is 4.72 Å². The Balaban J connectivity index is 2.98. The van der Waals surface area contributed by atoms with Crippen LogP contribution in [0, 0.1) is 0 Å². The van der Waals surface area contributed by atoms with Crippen molar-refractivity contribution in [3.63, 3.8) is 0 Å². The molecule has 0 aliphatic heterocycles. The van der Waals surface area contributed by atoms with Crippen molar-refractivity contribution in [2.75, 3.05) is 6.29 Å². The van der Waals surface area contributed by atoms with Gasteiger partial charge in [0.15, 0.2) is 0 Å².